The van der Waals surface area contributed by atoms with E-state index in [0.29, 0.717) is 5.69 Å². The number of aryl methyl sites for hydroxylation is 2. The Kier molecular flexibility index (Phi) is 3.50. The Morgan fingerprint density at radius 1 is 1.32 bits per heavy atom. The van der Waals surface area contributed by atoms with Gasteiger partial charge in [0.15, 0.2) is 0 Å². The smallest absolute Gasteiger partial charge is 0.325 e. The number of anilines is 1. The average molecular weight is 261 g/mol. The number of rotatable bonds is 3. The van der Waals surface area contributed by atoms with Crippen molar-refractivity contribution in [3.8, 4) is 0 Å². The van der Waals surface area contributed by atoms with Crippen molar-refractivity contribution < 1.29 is 14.4 Å². The Morgan fingerprint density at radius 2 is 2.05 bits per heavy atom. The van der Waals surface area contributed by atoms with Crippen molar-refractivity contribution in [3.05, 3.63) is 29.3 Å². The number of carbonyl (C=O) groups is 3. The van der Waals surface area contributed by atoms with Gasteiger partial charge >= 0.3 is 6.03 Å². The van der Waals surface area contributed by atoms with Crippen molar-refractivity contribution in [2.45, 2.75) is 13.8 Å². The van der Waals surface area contributed by atoms with Gasteiger partial charge in [-0.3, -0.25) is 14.5 Å². The van der Waals surface area contributed by atoms with Crippen LogP contribution in [0.15, 0.2) is 18.2 Å². The van der Waals surface area contributed by atoms with Crippen LogP contribution < -0.4 is 10.6 Å². The van der Waals surface area contributed by atoms with Crippen LogP contribution in [0, 0.1) is 13.8 Å². The number of amides is 4. The highest BCUT2D eigenvalue weighted by atomic mass is 16.2. The lowest BCUT2D eigenvalue weighted by Crippen LogP contribution is -2.38. The van der Waals surface area contributed by atoms with Crippen molar-refractivity contribution in [1.82, 2.24) is 10.2 Å². The molecule has 0 atom stereocenters. The lowest BCUT2D eigenvalue weighted by Gasteiger charge is -2.12. The molecule has 2 N–H and O–H groups in total. The van der Waals surface area contributed by atoms with Crippen LogP contribution in [0.2, 0.25) is 0 Å². The van der Waals surface area contributed by atoms with Crippen LogP contribution in [0.25, 0.3) is 0 Å². The molecule has 0 aliphatic carbocycles. The predicted molar refractivity (Wildman–Crippen MR) is 69.7 cm³/mol. The van der Waals surface area contributed by atoms with Crippen LogP contribution in [0.1, 0.15) is 11.1 Å². The van der Waals surface area contributed by atoms with Crippen LogP contribution in [0.5, 0.6) is 0 Å². The fourth-order valence-electron chi connectivity index (χ4n) is 1.78. The van der Waals surface area contributed by atoms with Gasteiger partial charge in [0.1, 0.15) is 6.54 Å². The lowest BCUT2D eigenvalue weighted by atomic mass is 10.1. The number of urea groups is 1. The number of carbonyl (C=O) groups excluding carboxylic acids is 3. The van der Waals surface area contributed by atoms with Gasteiger partial charge in [0.25, 0.3) is 5.91 Å². The van der Waals surface area contributed by atoms with Gasteiger partial charge in [-0.15, -0.1) is 0 Å². The number of nitrogens with one attached hydrogen (secondary N) is 2. The summed E-state index contributed by atoms with van der Waals surface area (Å²) in [5, 5.41) is 5.03. The molecule has 0 radical (unpaired) electrons. The topological polar surface area (TPSA) is 78.5 Å². The van der Waals surface area contributed by atoms with E-state index in [4.69, 9.17) is 0 Å². The van der Waals surface area contributed by atoms with Gasteiger partial charge in [0.05, 0.1) is 6.54 Å². The molecule has 1 aliphatic heterocycles. The molecular formula is C13H15N3O3. The molecule has 1 aromatic carbocycles. The van der Waals surface area contributed by atoms with Gasteiger partial charge in [-0.1, -0.05) is 6.07 Å². The molecule has 0 spiro atoms. The first kappa shape index (κ1) is 13.1. The molecule has 1 aromatic rings. The highest BCUT2D eigenvalue weighted by Gasteiger charge is 2.30. The monoisotopic (exact) mass is 261 g/mol. The Bertz CT molecular complexity index is 538. The highest BCUT2D eigenvalue weighted by molar-refractivity contribution is 6.06. The summed E-state index contributed by atoms with van der Waals surface area (Å²) in [6.07, 6.45) is 0. The van der Waals surface area contributed by atoms with E-state index in [1.54, 1.807) is 6.07 Å². The van der Waals surface area contributed by atoms with Crippen molar-refractivity contribution in [3.63, 3.8) is 0 Å². The maximum atomic E-state index is 11.8. The first-order valence-electron chi connectivity index (χ1n) is 5.92. The van der Waals surface area contributed by atoms with E-state index in [1.165, 1.54) is 0 Å². The zero-order valence-corrected chi connectivity index (χ0v) is 10.8. The fourth-order valence-corrected chi connectivity index (χ4v) is 1.78. The number of imide groups is 1. The van der Waals surface area contributed by atoms with E-state index >= 15 is 0 Å². The molecule has 1 heterocycles. The van der Waals surface area contributed by atoms with Crippen molar-refractivity contribution in [2.24, 2.45) is 0 Å². The van der Waals surface area contributed by atoms with Gasteiger partial charge in [0.2, 0.25) is 5.91 Å². The summed E-state index contributed by atoms with van der Waals surface area (Å²) in [4.78, 5) is 35.3. The predicted octanol–water partition coefficient (Wildman–Crippen LogP) is 0.794. The third-order valence-corrected chi connectivity index (χ3v) is 3.03. The molecule has 0 saturated carbocycles. The Labute approximate surface area is 110 Å². The van der Waals surface area contributed by atoms with Gasteiger partial charge in [0, 0.05) is 5.69 Å². The first-order valence-corrected chi connectivity index (χ1v) is 5.92. The number of hydrogen-bond acceptors (Lipinski definition) is 3. The molecule has 4 amide bonds. The van der Waals surface area contributed by atoms with Crippen LogP contribution in [-0.4, -0.2) is 35.8 Å². The van der Waals surface area contributed by atoms with E-state index in [9.17, 15) is 14.4 Å². The number of benzene rings is 1. The van der Waals surface area contributed by atoms with Crippen LogP contribution in [-0.2, 0) is 9.59 Å². The van der Waals surface area contributed by atoms with E-state index in [1.807, 2.05) is 26.0 Å². The van der Waals surface area contributed by atoms with Gasteiger partial charge < -0.3 is 10.6 Å². The van der Waals surface area contributed by atoms with Crippen molar-refractivity contribution in [1.29, 1.82) is 0 Å². The standard InChI is InChI=1S/C13H15N3O3/c1-8-3-4-10(5-9(8)2)15-11(17)7-16-12(18)6-14-13(16)19/h3-5H,6-7H2,1-2H3,(H,14,19)(H,15,17). The van der Waals surface area contributed by atoms with E-state index in [-0.39, 0.29) is 19.0 Å². The zero-order chi connectivity index (χ0) is 14.0. The molecule has 19 heavy (non-hydrogen) atoms. The van der Waals surface area contributed by atoms with Crippen LogP contribution in [0.3, 0.4) is 0 Å². The summed E-state index contributed by atoms with van der Waals surface area (Å²) in [5.74, 6) is -0.783. The van der Waals surface area contributed by atoms with Crippen molar-refractivity contribution >= 4 is 23.5 Å². The molecule has 0 unspecified atom stereocenters. The lowest BCUT2D eigenvalue weighted by molar-refractivity contribution is -0.128. The van der Waals surface area contributed by atoms with E-state index in [0.717, 1.165) is 16.0 Å². The Balaban J connectivity index is 1.99. The molecular weight excluding hydrogens is 246 g/mol. The van der Waals surface area contributed by atoms with Gasteiger partial charge in [-0.2, -0.15) is 0 Å². The number of hydrogen-bond donors (Lipinski definition) is 2. The molecule has 1 fully saturated rings. The third-order valence-electron chi connectivity index (χ3n) is 3.03. The maximum Gasteiger partial charge on any atom is 0.325 e. The summed E-state index contributed by atoms with van der Waals surface area (Å²) < 4.78 is 0. The third kappa shape index (κ3) is 2.90. The SMILES string of the molecule is Cc1ccc(NC(=O)CN2C(=O)CNC2=O)cc1C. The Morgan fingerprint density at radius 3 is 2.63 bits per heavy atom. The van der Waals surface area contributed by atoms with Crippen molar-refractivity contribution in [2.75, 3.05) is 18.4 Å². The minimum Gasteiger partial charge on any atom is -0.329 e. The summed E-state index contributed by atoms with van der Waals surface area (Å²) >= 11 is 0. The molecule has 6 heteroatoms. The normalized spacial score (nSPS) is 14.5. The van der Waals surface area contributed by atoms with E-state index < -0.39 is 11.9 Å². The zero-order valence-electron chi connectivity index (χ0n) is 10.8. The fraction of sp³-hybridized carbons (Fsp3) is 0.308. The van der Waals surface area contributed by atoms with Crippen LogP contribution >= 0.6 is 0 Å². The van der Waals surface area contributed by atoms with E-state index in [2.05, 4.69) is 10.6 Å². The van der Waals surface area contributed by atoms with Gasteiger partial charge in [-0.25, -0.2) is 4.79 Å². The minimum absolute atomic E-state index is 0.0459. The second kappa shape index (κ2) is 5.09. The summed E-state index contributed by atoms with van der Waals surface area (Å²) in [7, 11) is 0. The molecule has 1 saturated heterocycles. The molecule has 1 aliphatic rings. The first-order chi connectivity index (χ1) is 8.97. The molecule has 2 rings (SSSR count). The van der Waals surface area contributed by atoms with Gasteiger partial charge in [-0.05, 0) is 37.1 Å². The summed E-state index contributed by atoms with van der Waals surface area (Å²) in [5.41, 5.74) is 2.85. The molecule has 0 bridgehead atoms. The molecule has 6 nitrogen and oxygen atoms in total. The average Bonchev–Trinajstić information content (AvgIpc) is 2.66. The summed E-state index contributed by atoms with van der Waals surface area (Å²) in [6, 6.07) is 5.00. The quantitative estimate of drug-likeness (QED) is 0.790. The maximum absolute atomic E-state index is 11.8. The second-order valence-corrected chi connectivity index (χ2v) is 4.49. The molecule has 0 aromatic heterocycles. The second-order valence-electron chi connectivity index (χ2n) is 4.49. The highest BCUT2D eigenvalue weighted by Crippen LogP contribution is 2.14. The molecule has 100 valence electrons. The largest absolute Gasteiger partial charge is 0.329 e. The van der Waals surface area contributed by atoms with Crippen LogP contribution in [0.4, 0.5) is 10.5 Å². The number of nitrogens with zero attached hydrogens (tertiary/aromatic N) is 1. The minimum atomic E-state index is -0.528. The Hall–Kier alpha value is -2.37. The summed E-state index contributed by atoms with van der Waals surface area (Å²) in [6.45, 7) is 3.62.